The van der Waals surface area contributed by atoms with Gasteiger partial charge in [-0.3, -0.25) is 0 Å². The summed E-state index contributed by atoms with van der Waals surface area (Å²) in [6, 6.07) is 30.5. The first kappa shape index (κ1) is 21.2. The van der Waals surface area contributed by atoms with Crippen LogP contribution in [0.4, 0.5) is 25.2 Å². The molecule has 3 aromatic carbocycles. The predicted octanol–water partition coefficient (Wildman–Crippen LogP) is 7.13. The van der Waals surface area contributed by atoms with Crippen LogP contribution in [-0.2, 0) is 0 Å². The molecule has 146 valence electrons. The van der Waals surface area contributed by atoms with E-state index in [0.29, 0.717) is 0 Å². The quantitative estimate of drug-likeness (QED) is 0.343. The molecule has 0 saturated carbocycles. The maximum atomic E-state index is 9.87. The van der Waals surface area contributed by atoms with Gasteiger partial charge in [-0.25, -0.2) is 0 Å². The summed E-state index contributed by atoms with van der Waals surface area (Å²) < 4.78 is 59.2. The molecule has 0 fully saturated rings. The van der Waals surface area contributed by atoms with Crippen LogP contribution in [0, 0.1) is 5.16 Å². The molecule has 1 N–H and O–H groups in total. The van der Waals surface area contributed by atoms with Crippen molar-refractivity contribution in [2.75, 3.05) is 0 Å². The van der Waals surface area contributed by atoms with Crippen LogP contribution in [-0.4, -0.2) is 0 Å². The van der Waals surface area contributed by atoms with Gasteiger partial charge in [-0.05, 0) is 15.9 Å². The van der Waals surface area contributed by atoms with Gasteiger partial charge in [0.1, 0.15) is 0 Å². The van der Waals surface area contributed by atoms with Gasteiger partial charge in [-0.2, -0.15) is 0 Å². The molecule has 0 aliphatic heterocycles. The van der Waals surface area contributed by atoms with Crippen LogP contribution >= 0.6 is 14.9 Å². The number of benzene rings is 3. The van der Waals surface area contributed by atoms with Crippen molar-refractivity contribution < 1.29 is 25.2 Å². The topological polar surface area (TPSA) is 23.9 Å². The zero-order valence-corrected chi connectivity index (χ0v) is 15.6. The minimum absolute atomic E-state index is 1.09. The molecule has 0 atom stereocenters. The SMILES string of the molecule is F[P-](F)(F)(F)(F)F.N=P(c1ccccc1)(c1ccccc1)c1ccccc1. The Morgan fingerprint density at radius 2 is 0.667 bits per heavy atom. The van der Waals surface area contributed by atoms with Gasteiger partial charge in [0.05, 0.1) is 7.05 Å². The summed E-state index contributed by atoms with van der Waals surface area (Å²) in [6.45, 7) is 0. The number of hydrogen-bond donors (Lipinski definition) is 1. The molecular weight excluding hydrogens is 406 g/mol. The minimum Gasteiger partial charge on any atom is -0.305 e. The van der Waals surface area contributed by atoms with E-state index in [4.69, 9.17) is 0 Å². The molecule has 0 amide bonds. The van der Waals surface area contributed by atoms with Crippen LogP contribution in [0.2, 0.25) is 0 Å². The van der Waals surface area contributed by atoms with E-state index in [0.717, 1.165) is 15.9 Å². The Morgan fingerprint density at radius 3 is 0.852 bits per heavy atom. The summed E-state index contributed by atoms with van der Waals surface area (Å²) in [5.41, 5.74) is 0. The predicted molar refractivity (Wildman–Crippen MR) is 101 cm³/mol. The van der Waals surface area contributed by atoms with Gasteiger partial charge < -0.3 is 5.16 Å². The van der Waals surface area contributed by atoms with Gasteiger partial charge in [0, 0.05) is 0 Å². The number of rotatable bonds is 3. The van der Waals surface area contributed by atoms with Crippen molar-refractivity contribution in [2.24, 2.45) is 0 Å². The van der Waals surface area contributed by atoms with Crippen LogP contribution in [0.5, 0.6) is 0 Å². The fourth-order valence-corrected chi connectivity index (χ4v) is 5.15. The number of nitrogens with one attached hydrogen (secondary N) is 1. The van der Waals surface area contributed by atoms with E-state index in [-0.39, 0.29) is 0 Å². The second-order valence-corrected chi connectivity index (χ2v) is 10.4. The minimum atomic E-state index is -10.7. The van der Waals surface area contributed by atoms with E-state index in [1.807, 2.05) is 54.6 Å². The number of halogens is 6. The molecule has 3 aromatic rings. The van der Waals surface area contributed by atoms with Crippen LogP contribution in [0.3, 0.4) is 0 Å². The first-order chi connectivity index (χ1) is 12.3. The molecule has 27 heavy (non-hydrogen) atoms. The summed E-state index contributed by atoms with van der Waals surface area (Å²) >= 11 is 0. The van der Waals surface area contributed by atoms with E-state index in [2.05, 4.69) is 36.4 Å². The van der Waals surface area contributed by atoms with Gasteiger partial charge in [0.2, 0.25) is 0 Å². The average Bonchev–Trinajstić information content (AvgIpc) is 2.61. The van der Waals surface area contributed by atoms with Gasteiger partial charge >= 0.3 is 33.0 Å². The van der Waals surface area contributed by atoms with Crippen LogP contribution in [0.15, 0.2) is 91.0 Å². The van der Waals surface area contributed by atoms with E-state index in [1.54, 1.807) is 0 Å². The monoisotopic (exact) mass is 422 g/mol. The van der Waals surface area contributed by atoms with Crippen LogP contribution in [0.1, 0.15) is 0 Å². The zero-order chi connectivity index (χ0) is 20.2. The third-order valence-corrected chi connectivity index (χ3v) is 6.65. The van der Waals surface area contributed by atoms with Crippen LogP contribution in [0.25, 0.3) is 0 Å². The molecule has 0 aliphatic carbocycles. The van der Waals surface area contributed by atoms with Crippen molar-refractivity contribution in [3.63, 3.8) is 0 Å². The van der Waals surface area contributed by atoms with E-state index >= 15 is 0 Å². The molecule has 3 rings (SSSR count). The Bertz CT molecular complexity index is 813. The molecule has 0 aliphatic rings. The third-order valence-electron chi connectivity index (χ3n) is 3.43. The van der Waals surface area contributed by atoms with E-state index < -0.39 is 14.9 Å². The second kappa shape index (κ2) is 6.81. The van der Waals surface area contributed by atoms with Crippen molar-refractivity contribution in [1.82, 2.24) is 0 Å². The largest absolute Gasteiger partial charge is 0.305 e. The Kier molecular flexibility index (Phi) is 5.35. The molecule has 0 unspecified atom stereocenters. The molecule has 0 heterocycles. The molecule has 0 aromatic heterocycles. The Labute approximate surface area is 152 Å². The van der Waals surface area contributed by atoms with E-state index in [9.17, 15) is 30.3 Å². The van der Waals surface area contributed by atoms with Crippen molar-refractivity contribution >= 4 is 30.8 Å². The summed E-state index contributed by atoms with van der Waals surface area (Å²) in [6.07, 6.45) is 0. The van der Waals surface area contributed by atoms with Gasteiger partial charge in [-0.15, -0.1) is 0 Å². The summed E-state index contributed by atoms with van der Waals surface area (Å²) in [7, 11) is -12.9. The van der Waals surface area contributed by atoms with Gasteiger partial charge in [-0.1, -0.05) is 91.0 Å². The molecular formula is C18H16F6NP2-. The molecule has 0 bridgehead atoms. The zero-order valence-electron chi connectivity index (χ0n) is 13.8. The molecule has 0 saturated heterocycles. The Morgan fingerprint density at radius 1 is 0.481 bits per heavy atom. The molecule has 1 nitrogen and oxygen atoms in total. The first-order valence-corrected chi connectivity index (χ1v) is 11.5. The molecule has 9 heteroatoms. The van der Waals surface area contributed by atoms with Crippen molar-refractivity contribution in [3.05, 3.63) is 91.0 Å². The maximum Gasteiger partial charge on any atom is 0.0512 e. The summed E-state index contributed by atoms with van der Waals surface area (Å²) in [5, 5.41) is 12.5. The Balaban J connectivity index is 0.000000321. The molecule has 0 radical (unpaired) electrons. The fourth-order valence-electron chi connectivity index (χ4n) is 2.40. The second-order valence-electron chi connectivity index (χ2n) is 5.64. The van der Waals surface area contributed by atoms with Crippen molar-refractivity contribution in [2.45, 2.75) is 0 Å². The first-order valence-electron chi connectivity index (χ1n) is 7.64. The van der Waals surface area contributed by atoms with Crippen molar-refractivity contribution in [1.29, 1.82) is 5.16 Å². The average molecular weight is 422 g/mol. The van der Waals surface area contributed by atoms with Gasteiger partial charge in [0.25, 0.3) is 0 Å². The maximum absolute atomic E-state index is 10.7. The third kappa shape index (κ3) is 7.20. The smallest absolute Gasteiger partial charge is 0.0512 e. The van der Waals surface area contributed by atoms with Gasteiger partial charge in [0.15, 0.2) is 0 Å². The van der Waals surface area contributed by atoms with Crippen molar-refractivity contribution in [3.8, 4) is 0 Å². The molecule has 0 spiro atoms. The normalized spacial score (nSPS) is 14.3. The summed E-state index contributed by atoms with van der Waals surface area (Å²) in [4.78, 5) is 0. The Hall–Kier alpha value is -2.10. The standard InChI is InChI=1S/C18H16NP.F6P/c19-20(16-10-4-1-5-11-16,17-12-6-2-7-13-17)18-14-8-3-9-15-18;1-7(2,3,4,5)6/h1-15,19H;/q;-1. The fraction of sp³-hybridized carbons (Fsp3) is 0. The number of hydrogen-bond acceptors (Lipinski definition) is 1. The van der Waals surface area contributed by atoms with Crippen LogP contribution < -0.4 is 15.9 Å². The summed E-state index contributed by atoms with van der Waals surface area (Å²) in [5.74, 6) is 0. The van der Waals surface area contributed by atoms with E-state index in [1.165, 1.54) is 0 Å².